The van der Waals surface area contributed by atoms with Crippen LogP contribution in [0.5, 0.6) is 0 Å². The lowest BCUT2D eigenvalue weighted by molar-refractivity contribution is 0.543. The van der Waals surface area contributed by atoms with Gasteiger partial charge in [-0.05, 0) is 43.0 Å². The van der Waals surface area contributed by atoms with Crippen molar-refractivity contribution in [2.75, 3.05) is 0 Å². The zero-order chi connectivity index (χ0) is 10.9. The summed E-state index contributed by atoms with van der Waals surface area (Å²) < 4.78 is 0. The normalized spacial score (nSPS) is 12.2. The van der Waals surface area contributed by atoms with Gasteiger partial charge in [-0.15, -0.1) is 0 Å². The van der Waals surface area contributed by atoms with E-state index in [1.54, 1.807) is 0 Å². The van der Waals surface area contributed by atoms with Crippen LogP contribution < -0.4 is 5.73 Å². The van der Waals surface area contributed by atoms with Gasteiger partial charge in [0.2, 0.25) is 0 Å². The van der Waals surface area contributed by atoms with Crippen LogP contribution in [0, 0.1) is 0 Å². The Bertz CT molecular complexity index is 324. The van der Waals surface area contributed by atoms with Gasteiger partial charge in [-0.3, -0.25) is 0 Å². The molecule has 1 rings (SSSR count). The van der Waals surface area contributed by atoms with Crippen molar-refractivity contribution in [3.63, 3.8) is 0 Å². The lowest BCUT2D eigenvalue weighted by atomic mass is 9.86. The average Bonchev–Trinajstić information content (AvgIpc) is 2.01. The van der Waals surface area contributed by atoms with E-state index in [-0.39, 0.29) is 5.54 Å². The van der Waals surface area contributed by atoms with E-state index in [9.17, 15) is 0 Å². The van der Waals surface area contributed by atoms with Gasteiger partial charge < -0.3 is 5.73 Å². The third-order valence-corrected chi connectivity index (χ3v) is 2.57. The highest BCUT2D eigenvalue weighted by Gasteiger charge is 2.19. The molecule has 0 spiro atoms. The zero-order valence-electron chi connectivity index (χ0n) is 9.26. The Morgan fingerprint density at radius 1 is 1.29 bits per heavy atom. The molecule has 1 aromatic rings. The number of hydrogen-bond donors (Lipinski definition) is 1. The van der Waals surface area contributed by atoms with Crippen molar-refractivity contribution < 1.29 is 0 Å². The minimum absolute atomic E-state index is 0.329. The maximum absolute atomic E-state index is 6.11. The Morgan fingerprint density at radius 3 is 2.29 bits per heavy atom. The Morgan fingerprint density at radius 2 is 1.86 bits per heavy atom. The molecule has 14 heavy (non-hydrogen) atoms. The van der Waals surface area contributed by atoms with Crippen molar-refractivity contribution in [1.29, 1.82) is 0 Å². The molecule has 0 fully saturated rings. The van der Waals surface area contributed by atoms with Gasteiger partial charge in [0.1, 0.15) is 0 Å². The summed E-state index contributed by atoms with van der Waals surface area (Å²) in [5.74, 6) is 0.477. The summed E-state index contributed by atoms with van der Waals surface area (Å²) in [5.41, 5.74) is 8.20. The molecule has 0 unspecified atom stereocenters. The van der Waals surface area contributed by atoms with Crippen LogP contribution in [0.25, 0.3) is 0 Å². The first kappa shape index (κ1) is 11.5. The molecule has 0 bridgehead atoms. The maximum atomic E-state index is 6.11. The van der Waals surface area contributed by atoms with Gasteiger partial charge in [-0.1, -0.05) is 31.5 Å². The minimum Gasteiger partial charge on any atom is -0.322 e. The second-order valence-electron chi connectivity index (χ2n) is 4.61. The number of benzene rings is 1. The molecule has 2 heteroatoms. The lowest BCUT2D eigenvalue weighted by Gasteiger charge is -2.24. The summed E-state index contributed by atoms with van der Waals surface area (Å²) in [7, 11) is 0. The summed E-state index contributed by atoms with van der Waals surface area (Å²) in [5, 5.41) is 0.753. The molecule has 0 heterocycles. The van der Waals surface area contributed by atoms with Crippen molar-refractivity contribution in [1.82, 2.24) is 0 Å². The second kappa shape index (κ2) is 3.92. The highest BCUT2D eigenvalue weighted by molar-refractivity contribution is 6.30. The van der Waals surface area contributed by atoms with Crippen LogP contribution in [-0.2, 0) is 5.54 Å². The largest absolute Gasteiger partial charge is 0.322 e. The fourth-order valence-corrected chi connectivity index (χ4v) is 1.76. The molecule has 0 saturated heterocycles. The lowest BCUT2D eigenvalue weighted by Crippen LogP contribution is -2.30. The van der Waals surface area contributed by atoms with Gasteiger partial charge >= 0.3 is 0 Å². The van der Waals surface area contributed by atoms with Crippen molar-refractivity contribution >= 4 is 11.6 Å². The van der Waals surface area contributed by atoms with Crippen LogP contribution in [0.4, 0.5) is 0 Å². The van der Waals surface area contributed by atoms with Crippen molar-refractivity contribution in [3.05, 3.63) is 34.3 Å². The van der Waals surface area contributed by atoms with E-state index in [4.69, 9.17) is 17.3 Å². The molecule has 2 N–H and O–H groups in total. The third kappa shape index (κ3) is 2.49. The van der Waals surface area contributed by atoms with Crippen LogP contribution in [-0.4, -0.2) is 0 Å². The predicted molar refractivity (Wildman–Crippen MR) is 62.8 cm³/mol. The fourth-order valence-electron chi connectivity index (χ4n) is 1.59. The molecule has 0 aromatic heterocycles. The Balaban J connectivity index is 3.30. The molecule has 0 aliphatic carbocycles. The van der Waals surface area contributed by atoms with Gasteiger partial charge in [0.25, 0.3) is 0 Å². The molecule has 78 valence electrons. The van der Waals surface area contributed by atoms with Crippen LogP contribution in [0.3, 0.4) is 0 Å². The first-order chi connectivity index (χ1) is 6.32. The Labute approximate surface area is 91.3 Å². The van der Waals surface area contributed by atoms with Crippen LogP contribution >= 0.6 is 11.6 Å². The zero-order valence-corrected chi connectivity index (χ0v) is 10.0. The van der Waals surface area contributed by atoms with Gasteiger partial charge in [-0.25, -0.2) is 0 Å². The smallest absolute Gasteiger partial charge is 0.0409 e. The highest BCUT2D eigenvalue weighted by Crippen LogP contribution is 2.29. The Kier molecular flexibility index (Phi) is 3.23. The van der Waals surface area contributed by atoms with Crippen molar-refractivity contribution in [2.24, 2.45) is 5.73 Å². The molecule has 0 aliphatic rings. The molecule has 0 radical (unpaired) electrons. The predicted octanol–water partition coefficient (Wildman–Crippen LogP) is 3.66. The summed E-state index contributed by atoms with van der Waals surface area (Å²) in [4.78, 5) is 0. The number of rotatable bonds is 2. The SMILES string of the molecule is CC(C)c1ccc(Cl)cc1C(C)(C)N. The highest BCUT2D eigenvalue weighted by atomic mass is 35.5. The van der Waals surface area contributed by atoms with E-state index in [1.807, 2.05) is 26.0 Å². The molecule has 1 aromatic carbocycles. The fraction of sp³-hybridized carbons (Fsp3) is 0.500. The Hall–Kier alpha value is -0.530. The van der Waals surface area contributed by atoms with E-state index in [0.717, 1.165) is 10.6 Å². The summed E-state index contributed by atoms with van der Waals surface area (Å²) in [6, 6.07) is 5.96. The van der Waals surface area contributed by atoms with E-state index in [0.29, 0.717) is 5.92 Å². The molecular formula is C12H18ClN. The van der Waals surface area contributed by atoms with E-state index >= 15 is 0 Å². The quantitative estimate of drug-likeness (QED) is 0.794. The average molecular weight is 212 g/mol. The van der Waals surface area contributed by atoms with Gasteiger partial charge in [0.15, 0.2) is 0 Å². The summed E-state index contributed by atoms with van der Waals surface area (Å²) in [6.07, 6.45) is 0. The topological polar surface area (TPSA) is 26.0 Å². The molecule has 0 aliphatic heterocycles. The maximum Gasteiger partial charge on any atom is 0.0409 e. The number of nitrogens with two attached hydrogens (primary N) is 1. The van der Waals surface area contributed by atoms with Crippen LogP contribution in [0.2, 0.25) is 5.02 Å². The van der Waals surface area contributed by atoms with Gasteiger partial charge in [0, 0.05) is 10.6 Å². The monoisotopic (exact) mass is 211 g/mol. The van der Waals surface area contributed by atoms with Gasteiger partial charge in [-0.2, -0.15) is 0 Å². The second-order valence-corrected chi connectivity index (χ2v) is 5.04. The molecular weight excluding hydrogens is 194 g/mol. The summed E-state index contributed by atoms with van der Waals surface area (Å²) >= 11 is 5.97. The van der Waals surface area contributed by atoms with Crippen molar-refractivity contribution in [3.8, 4) is 0 Å². The van der Waals surface area contributed by atoms with Crippen molar-refractivity contribution in [2.45, 2.75) is 39.2 Å². The standard InChI is InChI=1S/C12H18ClN/c1-8(2)10-6-5-9(13)7-11(10)12(3,4)14/h5-8H,14H2,1-4H3. The first-order valence-electron chi connectivity index (χ1n) is 4.91. The number of halogens is 1. The summed E-state index contributed by atoms with van der Waals surface area (Å²) in [6.45, 7) is 8.34. The van der Waals surface area contributed by atoms with Crippen LogP contribution in [0.1, 0.15) is 44.7 Å². The van der Waals surface area contributed by atoms with E-state index < -0.39 is 0 Å². The third-order valence-electron chi connectivity index (χ3n) is 2.33. The first-order valence-corrected chi connectivity index (χ1v) is 5.29. The molecule has 0 atom stereocenters. The van der Waals surface area contributed by atoms with Gasteiger partial charge in [0.05, 0.1) is 0 Å². The molecule has 0 amide bonds. The number of hydrogen-bond acceptors (Lipinski definition) is 1. The van der Waals surface area contributed by atoms with Crippen LogP contribution in [0.15, 0.2) is 18.2 Å². The minimum atomic E-state index is -0.329. The van der Waals surface area contributed by atoms with E-state index in [1.165, 1.54) is 5.56 Å². The molecule has 1 nitrogen and oxygen atoms in total. The van der Waals surface area contributed by atoms with E-state index in [2.05, 4.69) is 19.9 Å². The molecule has 0 saturated carbocycles.